The molecule has 26 heavy (non-hydrogen) atoms. The molecule has 0 aliphatic rings. The number of carbonyl (C=O) groups is 1. The third kappa shape index (κ3) is 4.21. The van der Waals surface area contributed by atoms with Crippen LogP contribution in [0.2, 0.25) is 0 Å². The molecule has 0 radical (unpaired) electrons. The van der Waals surface area contributed by atoms with E-state index in [0.717, 1.165) is 5.56 Å². The number of halogens is 1. The molecule has 0 aliphatic heterocycles. The van der Waals surface area contributed by atoms with Crippen molar-refractivity contribution in [2.75, 3.05) is 17.2 Å². The molecule has 0 saturated heterocycles. The molecule has 2 heterocycles. The van der Waals surface area contributed by atoms with E-state index < -0.39 is 0 Å². The lowest BCUT2D eigenvalue weighted by Gasteiger charge is -2.25. The number of nitrogens with zero attached hydrogens (tertiary/aromatic N) is 3. The molecular weight excluding hydrogens is 335 g/mol. The Bertz CT molecular complexity index is 860. The summed E-state index contributed by atoms with van der Waals surface area (Å²) in [6.45, 7) is 4.67. The van der Waals surface area contributed by atoms with Crippen molar-refractivity contribution < 1.29 is 9.18 Å². The van der Waals surface area contributed by atoms with Crippen molar-refractivity contribution in [1.29, 1.82) is 0 Å². The van der Waals surface area contributed by atoms with Crippen molar-refractivity contribution in [2.45, 2.75) is 19.3 Å². The second-order valence-corrected chi connectivity index (χ2v) is 6.47. The number of rotatable bonds is 6. The molecule has 0 atom stereocenters. The number of anilines is 2. The van der Waals surface area contributed by atoms with Gasteiger partial charge in [-0.2, -0.15) is 5.10 Å². The maximum Gasteiger partial charge on any atom is 0.277 e. The van der Waals surface area contributed by atoms with Crippen LogP contribution in [0.1, 0.15) is 29.9 Å². The van der Waals surface area contributed by atoms with Crippen molar-refractivity contribution in [1.82, 2.24) is 20.4 Å². The zero-order valence-corrected chi connectivity index (χ0v) is 14.5. The third-order valence-corrected chi connectivity index (χ3v) is 3.98. The fraction of sp³-hybridized carbons (Fsp3) is 0.222. The number of nitrogens with one attached hydrogen (secondary N) is 3. The Morgan fingerprint density at radius 3 is 2.50 bits per heavy atom. The zero-order valence-electron chi connectivity index (χ0n) is 14.5. The second-order valence-electron chi connectivity index (χ2n) is 6.47. The van der Waals surface area contributed by atoms with Crippen molar-refractivity contribution >= 4 is 17.5 Å². The first-order valence-corrected chi connectivity index (χ1v) is 8.08. The van der Waals surface area contributed by atoms with Gasteiger partial charge in [0.05, 0.1) is 6.20 Å². The topological polar surface area (TPSA) is 95.6 Å². The third-order valence-electron chi connectivity index (χ3n) is 3.98. The fourth-order valence-electron chi connectivity index (χ4n) is 2.37. The number of amides is 1. The van der Waals surface area contributed by atoms with Gasteiger partial charge in [0.15, 0.2) is 5.69 Å². The van der Waals surface area contributed by atoms with Crippen LogP contribution in [0.4, 0.5) is 16.0 Å². The molecule has 0 fully saturated rings. The van der Waals surface area contributed by atoms with Crippen LogP contribution in [0.25, 0.3) is 0 Å². The number of aromatic amines is 1. The summed E-state index contributed by atoms with van der Waals surface area (Å²) >= 11 is 0. The van der Waals surface area contributed by atoms with Crippen molar-refractivity contribution in [2.24, 2.45) is 0 Å². The zero-order chi connectivity index (χ0) is 18.6. The predicted octanol–water partition coefficient (Wildman–Crippen LogP) is 2.98. The van der Waals surface area contributed by atoms with Gasteiger partial charge in [-0.15, -0.1) is 10.2 Å². The lowest BCUT2D eigenvalue weighted by molar-refractivity contribution is 0.102. The Morgan fingerprint density at radius 2 is 1.88 bits per heavy atom. The summed E-state index contributed by atoms with van der Waals surface area (Å²) in [5.41, 5.74) is 0.976. The molecule has 3 aromatic rings. The molecule has 0 saturated carbocycles. The van der Waals surface area contributed by atoms with Crippen LogP contribution in [0.5, 0.6) is 0 Å². The summed E-state index contributed by atoms with van der Waals surface area (Å²) < 4.78 is 13.1. The Hall–Kier alpha value is -3.29. The Balaban J connectivity index is 1.60. The van der Waals surface area contributed by atoms with Crippen LogP contribution in [0.3, 0.4) is 0 Å². The minimum absolute atomic E-state index is 0.197. The summed E-state index contributed by atoms with van der Waals surface area (Å²) in [6.07, 6.45) is 1.54. The smallest absolute Gasteiger partial charge is 0.277 e. The summed E-state index contributed by atoms with van der Waals surface area (Å²) in [7, 11) is 0. The molecule has 3 rings (SSSR count). The average Bonchev–Trinajstić information content (AvgIpc) is 3.14. The number of hydrogen-bond acceptors (Lipinski definition) is 5. The van der Waals surface area contributed by atoms with E-state index in [1.165, 1.54) is 18.3 Å². The van der Waals surface area contributed by atoms with E-state index in [0.29, 0.717) is 18.2 Å². The summed E-state index contributed by atoms with van der Waals surface area (Å²) in [5.74, 6) is 0.408. The van der Waals surface area contributed by atoms with Gasteiger partial charge in [-0.05, 0) is 29.8 Å². The van der Waals surface area contributed by atoms with Gasteiger partial charge in [0, 0.05) is 18.0 Å². The molecule has 8 heteroatoms. The molecule has 0 aliphatic carbocycles. The first-order chi connectivity index (χ1) is 12.4. The summed E-state index contributed by atoms with van der Waals surface area (Å²) in [4.78, 5) is 12.0. The normalized spacial score (nSPS) is 11.2. The van der Waals surface area contributed by atoms with Gasteiger partial charge in [0.2, 0.25) is 0 Å². The molecule has 134 valence electrons. The molecule has 1 amide bonds. The van der Waals surface area contributed by atoms with Gasteiger partial charge >= 0.3 is 0 Å². The molecule has 0 unspecified atom stereocenters. The molecule has 1 aromatic carbocycles. The van der Waals surface area contributed by atoms with E-state index in [-0.39, 0.29) is 22.8 Å². The maximum absolute atomic E-state index is 13.1. The molecule has 3 N–H and O–H groups in total. The molecule has 0 bridgehead atoms. The minimum Gasteiger partial charge on any atom is -0.368 e. The average molecular weight is 354 g/mol. The van der Waals surface area contributed by atoms with E-state index in [1.54, 1.807) is 30.3 Å². The van der Waals surface area contributed by atoms with Crippen LogP contribution in [0.15, 0.2) is 48.7 Å². The highest BCUT2D eigenvalue weighted by Crippen LogP contribution is 2.23. The molecule has 0 spiro atoms. The largest absolute Gasteiger partial charge is 0.368 e. The quantitative estimate of drug-likeness (QED) is 0.632. The number of hydrogen-bond donors (Lipinski definition) is 3. The van der Waals surface area contributed by atoms with E-state index >= 15 is 0 Å². The SMILES string of the molecule is CC(C)(CNc1ccc(C(=O)Nc2ccn[nH]2)nn1)c1ccc(F)cc1. The first-order valence-electron chi connectivity index (χ1n) is 8.08. The van der Waals surface area contributed by atoms with Crippen LogP contribution >= 0.6 is 0 Å². The van der Waals surface area contributed by atoms with E-state index in [9.17, 15) is 9.18 Å². The second kappa shape index (κ2) is 7.30. The minimum atomic E-state index is -0.375. The molecule has 7 nitrogen and oxygen atoms in total. The Labute approximate surface area is 150 Å². The fourth-order valence-corrected chi connectivity index (χ4v) is 2.37. The standard InChI is InChI=1S/C18H19FN6O/c1-18(2,12-3-5-13(19)6-4-12)11-20-15-8-7-14(23-25-15)17(26)22-16-9-10-21-24-16/h3-10H,11H2,1-2H3,(H,20,25)(H2,21,22,24,26). The number of H-pyrrole nitrogens is 1. The number of aromatic nitrogens is 4. The lowest BCUT2D eigenvalue weighted by Crippen LogP contribution is -2.28. The van der Waals surface area contributed by atoms with E-state index in [1.807, 2.05) is 13.8 Å². The van der Waals surface area contributed by atoms with Crippen LogP contribution < -0.4 is 10.6 Å². The van der Waals surface area contributed by atoms with Gasteiger partial charge in [0.1, 0.15) is 17.5 Å². The van der Waals surface area contributed by atoms with Gasteiger partial charge in [-0.3, -0.25) is 9.89 Å². The highest BCUT2D eigenvalue weighted by Gasteiger charge is 2.20. The van der Waals surface area contributed by atoms with Gasteiger partial charge < -0.3 is 10.6 Å². The number of benzene rings is 1. The van der Waals surface area contributed by atoms with E-state index in [4.69, 9.17) is 0 Å². The Kier molecular flexibility index (Phi) is 4.92. The van der Waals surface area contributed by atoms with Crippen molar-refractivity contribution in [3.63, 3.8) is 0 Å². The first kappa shape index (κ1) is 17.5. The van der Waals surface area contributed by atoms with Crippen LogP contribution in [-0.2, 0) is 5.41 Å². The maximum atomic E-state index is 13.1. The number of carbonyl (C=O) groups excluding carboxylic acids is 1. The van der Waals surface area contributed by atoms with Gasteiger partial charge in [0.25, 0.3) is 5.91 Å². The van der Waals surface area contributed by atoms with Gasteiger partial charge in [-0.1, -0.05) is 26.0 Å². The van der Waals surface area contributed by atoms with Crippen LogP contribution in [0, 0.1) is 5.82 Å². The summed E-state index contributed by atoms with van der Waals surface area (Å²) in [5, 5.41) is 20.2. The van der Waals surface area contributed by atoms with Gasteiger partial charge in [-0.25, -0.2) is 4.39 Å². The molecular formula is C18H19FN6O. The Morgan fingerprint density at radius 1 is 1.12 bits per heavy atom. The van der Waals surface area contributed by atoms with Crippen molar-refractivity contribution in [3.8, 4) is 0 Å². The summed E-state index contributed by atoms with van der Waals surface area (Å²) in [6, 6.07) is 11.4. The highest BCUT2D eigenvalue weighted by molar-refractivity contribution is 6.02. The lowest BCUT2D eigenvalue weighted by atomic mass is 9.84. The van der Waals surface area contributed by atoms with E-state index in [2.05, 4.69) is 31.0 Å². The highest BCUT2D eigenvalue weighted by atomic mass is 19.1. The van der Waals surface area contributed by atoms with Crippen LogP contribution in [-0.4, -0.2) is 32.8 Å². The van der Waals surface area contributed by atoms with Crippen molar-refractivity contribution in [3.05, 3.63) is 65.7 Å². The monoisotopic (exact) mass is 354 g/mol. The predicted molar refractivity (Wildman–Crippen MR) is 96.5 cm³/mol. The molecule has 2 aromatic heterocycles.